The Bertz CT molecular complexity index is 928. The van der Waals surface area contributed by atoms with E-state index in [4.69, 9.17) is 4.74 Å². The Morgan fingerprint density at radius 3 is 2.59 bits per heavy atom. The first-order chi connectivity index (χ1) is 13.9. The number of amides is 1. The number of carbonyl (C=O) groups is 1. The van der Waals surface area contributed by atoms with Crippen LogP contribution in [0.4, 0.5) is 13.2 Å². The molecule has 6 heteroatoms. The van der Waals surface area contributed by atoms with Crippen LogP contribution in [0.5, 0.6) is 0 Å². The summed E-state index contributed by atoms with van der Waals surface area (Å²) in [6, 6.07) is 7.58. The molecule has 2 aromatic carbocycles. The van der Waals surface area contributed by atoms with Crippen molar-refractivity contribution in [1.29, 1.82) is 0 Å². The minimum absolute atomic E-state index is 0.0263. The highest BCUT2D eigenvalue weighted by Gasteiger charge is 2.43. The van der Waals surface area contributed by atoms with Crippen LogP contribution in [-0.4, -0.2) is 36.1 Å². The highest BCUT2D eigenvalue weighted by Crippen LogP contribution is 2.35. The SMILES string of the molecule is C[C@H]1[C@@H](C)CN(C(=O)C2CCO2)[C@H]1Cc1cccc(-c2cc(F)ccc2F)c1F. The first-order valence-electron chi connectivity index (χ1n) is 10.0. The number of rotatable bonds is 4. The number of hydrogen-bond acceptors (Lipinski definition) is 2. The number of halogens is 3. The quantitative estimate of drug-likeness (QED) is 0.748. The average Bonchev–Trinajstić information content (AvgIpc) is 2.92. The summed E-state index contributed by atoms with van der Waals surface area (Å²) in [7, 11) is 0. The van der Waals surface area contributed by atoms with E-state index >= 15 is 4.39 Å². The van der Waals surface area contributed by atoms with Crippen molar-refractivity contribution in [2.24, 2.45) is 11.8 Å². The fraction of sp³-hybridized carbons (Fsp3) is 0.435. The van der Waals surface area contributed by atoms with Gasteiger partial charge in [0.1, 0.15) is 23.6 Å². The fourth-order valence-electron chi connectivity index (χ4n) is 4.31. The van der Waals surface area contributed by atoms with Gasteiger partial charge >= 0.3 is 0 Å². The molecule has 0 aliphatic carbocycles. The standard InChI is InChI=1S/C23H24F3NO2/c1-13-12-27(23(28)21-8-9-29-21)20(14(13)2)10-15-4-3-5-17(22(15)26)18-11-16(24)6-7-19(18)25/h3-7,11,13-14,20-21H,8-10,12H2,1-2H3/t13-,14-,20-,21?/m0/s1. The number of carbonyl (C=O) groups excluding carboxylic acids is 1. The summed E-state index contributed by atoms with van der Waals surface area (Å²) in [5, 5.41) is 0. The van der Waals surface area contributed by atoms with E-state index in [2.05, 4.69) is 13.8 Å². The first-order valence-corrected chi connectivity index (χ1v) is 10.0. The van der Waals surface area contributed by atoms with Crippen molar-refractivity contribution in [1.82, 2.24) is 4.90 Å². The summed E-state index contributed by atoms with van der Waals surface area (Å²) in [5.41, 5.74) is 0.316. The summed E-state index contributed by atoms with van der Waals surface area (Å²) in [6.45, 7) is 5.36. The molecule has 0 spiro atoms. The molecular formula is C23H24F3NO2. The van der Waals surface area contributed by atoms with Gasteiger partial charge in [-0.25, -0.2) is 13.2 Å². The van der Waals surface area contributed by atoms with Gasteiger partial charge in [0.25, 0.3) is 5.91 Å². The van der Waals surface area contributed by atoms with Crippen molar-refractivity contribution >= 4 is 5.91 Å². The van der Waals surface area contributed by atoms with E-state index in [0.29, 0.717) is 31.6 Å². The lowest BCUT2D eigenvalue weighted by Gasteiger charge is -2.34. The third-order valence-corrected chi connectivity index (χ3v) is 6.37. The smallest absolute Gasteiger partial charge is 0.252 e. The van der Waals surface area contributed by atoms with Gasteiger partial charge in [0.15, 0.2) is 0 Å². The van der Waals surface area contributed by atoms with Crippen LogP contribution < -0.4 is 0 Å². The Kier molecular flexibility index (Phi) is 5.38. The molecule has 2 fully saturated rings. The Morgan fingerprint density at radius 2 is 1.90 bits per heavy atom. The lowest BCUT2D eigenvalue weighted by atomic mass is 9.89. The lowest BCUT2D eigenvalue weighted by molar-refractivity contribution is -0.157. The normalized spacial score (nSPS) is 26.4. The molecule has 0 saturated carbocycles. The van der Waals surface area contributed by atoms with Crippen molar-refractivity contribution < 1.29 is 22.7 Å². The Morgan fingerprint density at radius 1 is 1.14 bits per heavy atom. The molecule has 1 amide bonds. The minimum Gasteiger partial charge on any atom is -0.368 e. The van der Waals surface area contributed by atoms with Gasteiger partial charge in [-0.05, 0) is 42.0 Å². The number of ether oxygens (including phenoxy) is 1. The molecular weight excluding hydrogens is 379 g/mol. The molecule has 29 heavy (non-hydrogen) atoms. The van der Waals surface area contributed by atoms with Gasteiger partial charge in [0.05, 0.1) is 6.61 Å². The largest absolute Gasteiger partial charge is 0.368 e. The van der Waals surface area contributed by atoms with Gasteiger partial charge in [-0.3, -0.25) is 4.79 Å². The van der Waals surface area contributed by atoms with Crippen LogP contribution in [-0.2, 0) is 16.0 Å². The van der Waals surface area contributed by atoms with Gasteiger partial charge in [-0.1, -0.05) is 32.0 Å². The zero-order valence-corrected chi connectivity index (χ0v) is 16.5. The Hall–Kier alpha value is -2.34. The maximum Gasteiger partial charge on any atom is 0.252 e. The lowest BCUT2D eigenvalue weighted by Crippen LogP contribution is -2.49. The second-order valence-corrected chi connectivity index (χ2v) is 8.15. The van der Waals surface area contributed by atoms with E-state index in [1.165, 1.54) is 6.07 Å². The van der Waals surface area contributed by atoms with E-state index in [1.54, 1.807) is 12.1 Å². The number of nitrogens with zero attached hydrogens (tertiary/aromatic N) is 1. The van der Waals surface area contributed by atoms with Gasteiger partial charge in [-0.2, -0.15) is 0 Å². The first kappa shape index (κ1) is 20.0. The maximum atomic E-state index is 15.3. The number of benzene rings is 2. The van der Waals surface area contributed by atoms with Crippen LogP contribution in [0.25, 0.3) is 11.1 Å². The van der Waals surface area contributed by atoms with Gasteiger partial charge in [0, 0.05) is 30.1 Å². The van der Waals surface area contributed by atoms with Crippen LogP contribution in [0.15, 0.2) is 36.4 Å². The topological polar surface area (TPSA) is 29.5 Å². The molecule has 0 bridgehead atoms. The predicted molar refractivity (Wildman–Crippen MR) is 104 cm³/mol. The van der Waals surface area contributed by atoms with Gasteiger partial charge in [-0.15, -0.1) is 0 Å². The second-order valence-electron chi connectivity index (χ2n) is 8.15. The Labute approximate surface area is 168 Å². The average molecular weight is 403 g/mol. The van der Waals surface area contributed by atoms with Crippen LogP contribution in [0.1, 0.15) is 25.8 Å². The van der Waals surface area contributed by atoms with Crippen LogP contribution in [0, 0.1) is 29.3 Å². The van der Waals surface area contributed by atoms with Crippen LogP contribution >= 0.6 is 0 Å². The fourth-order valence-corrected chi connectivity index (χ4v) is 4.31. The van der Waals surface area contributed by atoms with Crippen molar-refractivity contribution in [2.75, 3.05) is 13.2 Å². The summed E-state index contributed by atoms with van der Waals surface area (Å²) in [4.78, 5) is 14.6. The zero-order chi connectivity index (χ0) is 20.7. The van der Waals surface area contributed by atoms with E-state index in [1.807, 2.05) is 4.90 Å². The predicted octanol–water partition coefficient (Wildman–Crippen LogP) is 4.59. The van der Waals surface area contributed by atoms with Gasteiger partial charge in [0.2, 0.25) is 0 Å². The highest BCUT2D eigenvalue weighted by molar-refractivity contribution is 5.82. The summed E-state index contributed by atoms with van der Waals surface area (Å²) >= 11 is 0. The van der Waals surface area contributed by atoms with Crippen molar-refractivity contribution in [2.45, 2.75) is 38.8 Å². The van der Waals surface area contributed by atoms with Crippen molar-refractivity contribution in [3.05, 3.63) is 59.4 Å². The number of hydrogen-bond donors (Lipinski definition) is 0. The van der Waals surface area contributed by atoms with E-state index in [9.17, 15) is 13.6 Å². The van der Waals surface area contributed by atoms with E-state index < -0.39 is 23.6 Å². The van der Waals surface area contributed by atoms with Gasteiger partial charge < -0.3 is 9.64 Å². The summed E-state index contributed by atoms with van der Waals surface area (Å²) in [6.07, 6.45) is 0.640. The molecule has 4 rings (SSSR count). The second kappa shape index (κ2) is 7.82. The molecule has 2 aliphatic heterocycles. The molecule has 2 saturated heterocycles. The molecule has 3 nitrogen and oxygen atoms in total. The molecule has 1 unspecified atom stereocenters. The molecule has 0 N–H and O–H groups in total. The van der Waals surface area contributed by atoms with Crippen molar-refractivity contribution in [3.8, 4) is 11.1 Å². The van der Waals surface area contributed by atoms with Crippen molar-refractivity contribution in [3.63, 3.8) is 0 Å². The number of likely N-dealkylation sites (tertiary alicyclic amines) is 1. The third kappa shape index (κ3) is 3.66. The molecule has 0 radical (unpaired) electrons. The highest BCUT2D eigenvalue weighted by atomic mass is 19.1. The minimum atomic E-state index is -0.677. The monoisotopic (exact) mass is 403 g/mol. The Balaban J connectivity index is 1.64. The molecule has 4 atom stereocenters. The summed E-state index contributed by atoms with van der Waals surface area (Å²) < 4.78 is 48.4. The molecule has 2 aliphatic rings. The van der Waals surface area contributed by atoms with Crippen LogP contribution in [0.2, 0.25) is 0 Å². The molecule has 2 aromatic rings. The zero-order valence-electron chi connectivity index (χ0n) is 16.5. The molecule has 154 valence electrons. The van der Waals surface area contributed by atoms with Crippen LogP contribution in [0.3, 0.4) is 0 Å². The molecule has 2 heterocycles. The summed E-state index contributed by atoms with van der Waals surface area (Å²) in [5.74, 6) is -1.43. The molecule has 0 aromatic heterocycles. The van der Waals surface area contributed by atoms with E-state index in [0.717, 1.165) is 18.2 Å². The maximum absolute atomic E-state index is 15.3. The van der Waals surface area contributed by atoms with E-state index in [-0.39, 0.29) is 34.9 Å². The third-order valence-electron chi connectivity index (χ3n) is 6.37.